The number of imidazole rings is 2. The largest absolute Gasteiger partial charge is 0.497 e. The number of ether oxygens (including phenoxy) is 1. The average molecular weight is 336 g/mol. The van der Waals surface area contributed by atoms with E-state index in [9.17, 15) is 8.78 Å². The minimum absolute atomic E-state index is 0.304. The van der Waals surface area contributed by atoms with Gasteiger partial charge in [-0.15, -0.1) is 0 Å². The summed E-state index contributed by atoms with van der Waals surface area (Å²) in [5.74, 6) is 1.35. The van der Waals surface area contributed by atoms with Gasteiger partial charge in [0.05, 0.1) is 18.6 Å². The minimum Gasteiger partial charge on any atom is -0.497 e. The maximum absolute atomic E-state index is 12.8. The van der Waals surface area contributed by atoms with Crippen molar-refractivity contribution in [1.29, 1.82) is 0 Å². The summed E-state index contributed by atoms with van der Waals surface area (Å²) < 4.78 is 33.6. The summed E-state index contributed by atoms with van der Waals surface area (Å²) in [4.78, 5) is 8.25. The van der Waals surface area contributed by atoms with Crippen molar-refractivity contribution in [3.63, 3.8) is 0 Å². The molecule has 0 saturated heterocycles. The second-order valence-electron chi connectivity index (χ2n) is 4.60. The molecule has 0 aliphatic heterocycles. The molecule has 0 N–H and O–H groups in total. The van der Waals surface area contributed by atoms with E-state index in [0.29, 0.717) is 16.7 Å². The molecule has 120 valence electrons. The van der Waals surface area contributed by atoms with Gasteiger partial charge in [-0.25, -0.2) is 9.97 Å². The molecule has 5 nitrogen and oxygen atoms in total. The Kier molecular flexibility index (Phi) is 4.61. The van der Waals surface area contributed by atoms with E-state index in [-0.39, 0.29) is 0 Å². The number of thioether (sulfide) groups is 1. The lowest BCUT2D eigenvalue weighted by Crippen LogP contribution is -2.03. The molecule has 0 saturated carbocycles. The highest BCUT2D eigenvalue weighted by Gasteiger charge is 2.13. The van der Waals surface area contributed by atoms with E-state index in [1.807, 2.05) is 35.0 Å². The lowest BCUT2D eigenvalue weighted by molar-refractivity contribution is 0.0678. The SMILES string of the molecule is COc1cccc(-n2ccnc2SCc2nccn2C(F)F)c1. The molecule has 2 aromatic heterocycles. The molecule has 0 spiro atoms. The van der Waals surface area contributed by atoms with Gasteiger partial charge in [0.25, 0.3) is 0 Å². The number of benzene rings is 1. The smallest absolute Gasteiger partial charge is 0.319 e. The van der Waals surface area contributed by atoms with E-state index in [2.05, 4.69) is 9.97 Å². The molecule has 0 amide bonds. The van der Waals surface area contributed by atoms with Crippen molar-refractivity contribution in [2.24, 2.45) is 0 Å². The normalized spacial score (nSPS) is 11.1. The summed E-state index contributed by atoms with van der Waals surface area (Å²) in [6, 6.07) is 7.54. The van der Waals surface area contributed by atoms with E-state index in [4.69, 9.17) is 4.74 Å². The van der Waals surface area contributed by atoms with Crippen LogP contribution in [0.4, 0.5) is 8.78 Å². The number of halogens is 2. The standard InChI is InChI=1S/C15H14F2N4OS/c1-22-12-4-2-3-11(9-12)20-7-6-19-15(20)23-10-13-18-5-8-21(13)14(16)17/h2-9,14H,10H2,1H3. The molecule has 0 unspecified atom stereocenters. The Labute approximate surface area is 135 Å². The van der Waals surface area contributed by atoms with Gasteiger partial charge in [-0.2, -0.15) is 8.78 Å². The Morgan fingerprint density at radius 2 is 2.04 bits per heavy atom. The number of alkyl halides is 2. The van der Waals surface area contributed by atoms with Crippen LogP contribution in [-0.4, -0.2) is 26.2 Å². The Bertz CT molecular complexity index is 787. The van der Waals surface area contributed by atoms with Crippen LogP contribution in [0.1, 0.15) is 12.4 Å². The van der Waals surface area contributed by atoms with Gasteiger partial charge in [-0.1, -0.05) is 17.8 Å². The van der Waals surface area contributed by atoms with Crippen LogP contribution in [0.25, 0.3) is 5.69 Å². The van der Waals surface area contributed by atoms with E-state index >= 15 is 0 Å². The summed E-state index contributed by atoms with van der Waals surface area (Å²) in [5, 5.41) is 0.696. The fourth-order valence-corrected chi connectivity index (χ4v) is 3.04. The topological polar surface area (TPSA) is 44.9 Å². The van der Waals surface area contributed by atoms with Crippen molar-refractivity contribution in [3.05, 3.63) is 54.9 Å². The van der Waals surface area contributed by atoms with Gasteiger partial charge in [-0.05, 0) is 12.1 Å². The van der Waals surface area contributed by atoms with E-state index in [1.165, 1.54) is 24.2 Å². The third-order valence-corrected chi connectivity index (χ3v) is 4.19. The molecule has 3 aromatic rings. The number of methoxy groups -OCH3 is 1. The van der Waals surface area contributed by atoms with Crippen LogP contribution < -0.4 is 4.74 Å². The lowest BCUT2D eigenvalue weighted by atomic mass is 10.3. The molecule has 0 atom stereocenters. The maximum Gasteiger partial charge on any atom is 0.319 e. The first-order valence-corrected chi connectivity index (χ1v) is 7.78. The van der Waals surface area contributed by atoms with Gasteiger partial charge in [0.15, 0.2) is 5.16 Å². The van der Waals surface area contributed by atoms with Crippen LogP contribution >= 0.6 is 11.8 Å². The fourth-order valence-electron chi connectivity index (χ4n) is 2.12. The van der Waals surface area contributed by atoms with Crippen LogP contribution in [0, 0.1) is 0 Å². The molecular weight excluding hydrogens is 322 g/mol. The quantitative estimate of drug-likeness (QED) is 0.643. The van der Waals surface area contributed by atoms with Crippen molar-refractivity contribution in [2.75, 3.05) is 7.11 Å². The van der Waals surface area contributed by atoms with Gasteiger partial charge < -0.3 is 4.74 Å². The zero-order chi connectivity index (χ0) is 16.2. The van der Waals surface area contributed by atoms with Crippen molar-refractivity contribution in [3.8, 4) is 11.4 Å². The molecule has 8 heteroatoms. The number of aromatic nitrogens is 4. The lowest BCUT2D eigenvalue weighted by Gasteiger charge is -2.09. The molecule has 2 heterocycles. The molecule has 0 fully saturated rings. The van der Waals surface area contributed by atoms with Crippen molar-refractivity contribution < 1.29 is 13.5 Å². The third kappa shape index (κ3) is 3.37. The summed E-state index contributed by atoms with van der Waals surface area (Å²) in [6.07, 6.45) is 6.13. The summed E-state index contributed by atoms with van der Waals surface area (Å²) in [7, 11) is 1.60. The predicted octanol–water partition coefficient (Wildman–Crippen LogP) is 3.76. The van der Waals surface area contributed by atoms with Gasteiger partial charge in [0, 0.05) is 30.9 Å². The Morgan fingerprint density at radius 1 is 1.22 bits per heavy atom. The van der Waals surface area contributed by atoms with Crippen LogP contribution in [-0.2, 0) is 5.75 Å². The second-order valence-corrected chi connectivity index (χ2v) is 5.54. The van der Waals surface area contributed by atoms with Gasteiger partial charge in [0.1, 0.15) is 11.6 Å². The van der Waals surface area contributed by atoms with Crippen molar-refractivity contribution in [2.45, 2.75) is 17.5 Å². The first-order valence-electron chi connectivity index (χ1n) is 6.79. The van der Waals surface area contributed by atoms with Gasteiger partial charge in [-0.3, -0.25) is 9.13 Å². The molecular formula is C15H14F2N4OS. The predicted molar refractivity (Wildman–Crippen MR) is 83.2 cm³/mol. The summed E-state index contributed by atoms with van der Waals surface area (Å²) >= 11 is 1.35. The number of rotatable bonds is 6. The van der Waals surface area contributed by atoms with E-state index < -0.39 is 6.55 Å². The van der Waals surface area contributed by atoms with Crippen LogP contribution in [0.3, 0.4) is 0 Å². The van der Waals surface area contributed by atoms with Gasteiger partial charge in [0.2, 0.25) is 0 Å². The van der Waals surface area contributed by atoms with Crippen LogP contribution in [0.5, 0.6) is 5.75 Å². The highest BCUT2D eigenvalue weighted by atomic mass is 32.2. The average Bonchev–Trinajstić information content (AvgIpc) is 3.21. The van der Waals surface area contributed by atoms with Crippen molar-refractivity contribution in [1.82, 2.24) is 19.1 Å². The Hall–Kier alpha value is -2.35. The number of hydrogen-bond acceptors (Lipinski definition) is 4. The minimum atomic E-state index is -2.59. The molecule has 1 aromatic carbocycles. The van der Waals surface area contributed by atoms with Crippen LogP contribution in [0.15, 0.2) is 54.2 Å². The zero-order valence-corrected chi connectivity index (χ0v) is 13.1. The molecule has 0 radical (unpaired) electrons. The maximum atomic E-state index is 12.8. The van der Waals surface area contributed by atoms with Crippen LogP contribution in [0.2, 0.25) is 0 Å². The highest BCUT2D eigenvalue weighted by Crippen LogP contribution is 2.26. The number of hydrogen-bond donors (Lipinski definition) is 0. The third-order valence-electron chi connectivity index (χ3n) is 3.23. The second kappa shape index (κ2) is 6.82. The summed E-state index contributed by atoms with van der Waals surface area (Å²) in [5.41, 5.74) is 0.890. The first-order chi connectivity index (χ1) is 11.2. The van der Waals surface area contributed by atoms with E-state index in [1.54, 1.807) is 13.3 Å². The van der Waals surface area contributed by atoms with E-state index in [0.717, 1.165) is 16.0 Å². The molecule has 0 bridgehead atoms. The monoisotopic (exact) mass is 336 g/mol. The number of nitrogens with zero attached hydrogens (tertiary/aromatic N) is 4. The first kappa shape index (κ1) is 15.5. The fraction of sp³-hybridized carbons (Fsp3) is 0.200. The van der Waals surface area contributed by atoms with Crippen molar-refractivity contribution >= 4 is 11.8 Å². The van der Waals surface area contributed by atoms with Gasteiger partial charge >= 0.3 is 6.55 Å². The summed E-state index contributed by atoms with van der Waals surface area (Å²) in [6.45, 7) is -2.59. The molecule has 0 aliphatic rings. The zero-order valence-electron chi connectivity index (χ0n) is 12.3. The Balaban J connectivity index is 1.80. The molecule has 0 aliphatic carbocycles. The highest BCUT2D eigenvalue weighted by molar-refractivity contribution is 7.98. The molecule has 3 rings (SSSR count). The Morgan fingerprint density at radius 3 is 2.83 bits per heavy atom. The molecule has 23 heavy (non-hydrogen) atoms.